The molecule has 0 spiro atoms. The molecule has 1 fully saturated rings. The maximum Gasteiger partial charge on any atom is 0.344 e. The summed E-state index contributed by atoms with van der Waals surface area (Å²) in [7, 11) is 0. The number of fused-ring (bicyclic) bond motifs is 2. The normalized spacial score (nSPS) is 14.9. The lowest BCUT2D eigenvalue weighted by Crippen LogP contribution is -2.36. The summed E-state index contributed by atoms with van der Waals surface area (Å²) >= 11 is 0. The third kappa shape index (κ3) is 3.26. The van der Waals surface area contributed by atoms with Crippen molar-refractivity contribution in [2.45, 2.75) is 39.3 Å². The van der Waals surface area contributed by atoms with Crippen molar-refractivity contribution in [3.63, 3.8) is 0 Å². The minimum atomic E-state index is -0.525. The van der Waals surface area contributed by atoms with Crippen LogP contribution < -0.4 is 11.1 Å². The van der Waals surface area contributed by atoms with Gasteiger partial charge >= 0.3 is 5.97 Å². The maximum absolute atomic E-state index is 12.5. The Morgan fingerprint density at radius 3 is 2.61 bits per heavy atom. The van der Waals surface area contributed by atoms with Crippen LogP contribution in [0.25, 0.3) is 22.2 Å². The zero-order chi connectivity index (χ0) is 19.8. The van der Waals surface area contributed by atoms with Crippen LogP contribution in [0.5, 0.6) is 0 Å². The van der Waals surface area contributed by atoms with E-state index in [9.17, 15) is 9.59 Å². The molecule has 1 aliphatic rings. The molecular weight excluding hydrogens is 358 g/mol. The molecule has 0 saturated heterocycles. The van der Waals surface area contributed by atoms with Gasteiger partial charge in [-0.05, 0) is 38.8 Å². The summed E-state index contributed by atoms with van der Waals surface area (Å²) < 4.78 is 6.92. The number of esters is 1. The average Bonchev–Trinajstić information content (AvgIpc) is 3.48. The molecule has 28 heavy (non-hydrogen) atoms. The highest BCUT2D eigenvalue weighted by molar-refractivity contribution is 6.08. The number of nitrogens with one attached hydrogen (secondary N) is 1. The number of hydrogen-bond acceptors (Lipinski definition) is 6. The smallest absolute Gasteiger partial charge is 0.344 e. The summed E-state index contributed by atoms with van der Waals surface area (Å²) in [5.74, 6) is -0.0935. The number of nitrogens with two attached hydrogens (primary N) is 1. The lowest BCUT2D eigenvalue weighted by molar-refractivity contribution is -0.122. The molecule has 0 radical (unpaired) electrons. The van der Waals surface area contributed by atoms with Crippen LogP contribution in [-0.4, -0.2) is 39.1 Å². The molecule has 146 valence electrons. The van der Waals surface area contributed by atoms with Crippen LogP contribution in [0.2, 0.25) is 0 Å². The van der Waals surface area contributed by atoms with Crippen LogP contribution in [-0.2, 0) is 16.1 Å². The molecule has 1 atom stereocenters. The fourth-order valence-corrected chi connectivity index (χ4v) is 3.33. The number of benzene rings is 1. The van der Waals surface area contributed by atoms with Gasteiger partial charge in [-0.15, -0.1) is 0 Å². The number of carbonyl (C=O) groups excluding carboxylic acids is 2. The minimum absolute atomic E-state index is 0.0599. The standard InChI is InChI=1S/C20H23N5O3/c1-3-28-20(27)15-16-18(24-14-7-5-4-6-13(14)23-16)25(17(15)21)10-11(2)22-19(26)12-8-9-12/h4-7,11-12H,3,8-10,21H2,1-2H3,(H,22,26)/t11-/m1/s1. The van der Waals surface area contributed by atoms with Crippen LogP contribution in [0.1, 0.15) is 37.0 Å². The van der Waals surface area contributed by atoms with Crippen molar-refractivity contribution < 1.29 is 14.3 Å². The molecular formula is C20H23N5O3. The molecule has 1 amide bonds. The van der Waals surface area contributed by atoms with Gasteiger partial charge in [0.15, 0.2) is 5.65 Å². The van der Waals surface area contributed by atoms with E-state index in [-0.39, 0.29) is 35.9 Å². The van der Waals surface area contributed by atoms with Gasteiger partial charge in [-0.3, -0.25) is 4.79 Å². The third-order valence-electron chi connectivity index (χ3n) is 4.86. The number of anilines is 1. The molecule has 8 heteroatoms. The summed E-state index contributed by atoms with van der Waals surface area (Å²) in [5.41, 5.74) is 8.85. The molecule has 8 nitrogen and oxygen atoms in total. The molecule has 4 rings (SSSR count). The first kappa shape index (κ1) is 18.2. The second kappa shape index (κ2) is 7.10. The SMILES string of the molecule is CCOC(=O)c1c(N)n(C[C@@H](C)NC(=O)C2CC2)c2nc3ccccc3nc12. The molecule has 0 unspecified atom stereocenters. The van der Waals surface area contributed by atoms with E-state index in [0.29, 0.717) is 28.7 Å². The Bertz CT molecular complexity index is 1070. The molecule has 1 aliphatic carbocycles. The number of ether oxygens (including phenoxy) is 1. The highest BCUT2D eigenvalue weighted by Crippen LogP contribution is 2.30. The summed E-state index contributed by atoms with van der Waals surface area (Å²) in [6, 6.07) is 7.27. The number of carbonyl (C=O) groups is 2. The van der Waals surface area contributed by atoms with Gasteiger partial charge in [-0.25, -0.2) is 14.8 Å². The molecule has 3 N–H and O–H groups in total. The van der Waals surface area contributed by atoms with Gasteiger partial charge in [0.05, 0.1) is 17.6 Å². The van der Waals surface area contributed by atoms with Crippen molar-refractivity contribution >= 4 is 39.9 Å². The second-order valence-electron chi connectivity index (χ2n) is 7.16. The fraction of sp³-hybridized carbons (Fsp3) is 0.400. The van der Waals surface area contributed by atoms with Crippen molar-refractivity contribution in [1.29, 1.82) is 0 Å². The topological polar surface area (TPSA) is 112 Å². The molecule has 3 aromatic rings. The van der Waals surface area contributed by atoms with Crippen molar-refractivity contribution in [3.05, 3.63) is 29.8 Å². The summed E-state index contributed by atoms with van der Waals surface area (Å²) in [6.45, 7) is 4.26. The monoisotopic (exact) mass is 381 g/mol. The Kier molecular flexibility index (Phi) is 4.62. The summed E-state index contributed by atoms with van der Waals surface area (Å²) in [5, 5.41) is 3.00. The minimum Gasteiger partial charge on any atom is -0.462 e. The lowest BCUT2D eigenvalue weighted by Gasteiger charge is -2.16. The van der Waals surface area contributed by atoms with Gasteiger partial charge < -0.3 is 20.4 Å². The van der Waals surface area contributed by atoms with Gasteiger partial charge in [0.1, 0.15) is 16.9 Å². The van der Waals surface area contributed by atoms with E-state index in [4.69, 9.17) is 10.5 Å². The zero-order valence-electron chi connectivity index (χ0n) is 15.9. The molecule has 2 aromatic heterocycles. The summed E-state index contributed by atoms with van der Waals surface area (Å²) in [6.07, 6.45) is 1.88. The number of aromatic nitrogens is 3. The van der Waals surface area contributed by atoms with Crippen LogP contribution >= 0.6 is 0 Å². The van der Waals surface area contributed by atoms with Gasteiger partial charge in [-0.1, -0.05) is 12.1 Å². The average molecular weight is 381 g/mol. The van der Waals surface area contributed by atoms with E-state index >= 15 is 0 Å². The summed E-state index contributed by atoms with van der Waals surface area (Å²) in [4.78, 5) is 33.9. The van der Waals surface area contributed by atoms with E-state index in [0.717, 1.165) is 12.8 Å². The van der Waals surface area contributed by atoms with E-state index < -0.39 is 5.97 Å². The Morgan fingerprint density at radius 1 is 1.29 bits per heavy atom. The number of rotatable bonds is 6. The largest absolute Gasteiger partial charge is 0.462 e. The predicted octanol–water partition coefficient (Wildman–Crippen LogP) is 2.26. The molecule has 0 bridgehead atoms. The number of nitrogen functional groups attached to an aromatic ring is 1. The predicted molar refractivity (Wildman–Crippen MR) is 106 cm³/mol. The number of amides is 1. The Morgan fingerprint density at radius 2 is 1.96 bits per heavy atom. The van der Waals surface area contributed by atoms with Crippen LogP contribution in [0.3, 0.4) is 0 Å². The molecule has 2 heterocycles. The fourth-order valence-electron chi connectivity index (χ4n) is 3.33. The lowest BCUT2D eigenvalue weighted by atomic mass is 10.2. The van der Waals surface area contributed by atoms with Crippen molar-refractivity contribution in [3.8, 4) is 0 Å². The first-order chi connectivity index (χ1) is 13.5. The first-order valence-electron chi connectivity index (χ1n) is 9.51. The Hall–Kier alpha value is -3.16. The quantitative estimate of drug-likeness (QED) is 0.634. The zero-order valence-corrected chi connectivity index (χ0v) is 15.9. The van der Waals surface area contributed by atoms with Gasteiger partial charge in [-0.2, -0.15) is 0 Å². The van der Waals surface area contributed by atoms with E-state index in [1.165, 1.54) is 0 Å². The third-order valence-corrected chi connectivity index (χ3v) is 4.86. The van der Waals surface area contributed by atoms with Crippen LogP contribution in [0.4, 0.5) is 5.82 Å². The number of nitrogens with zero attached hydrogens (tertiary/aromatic N) is 3. The number of hydrogen-bond donors (Lipinski definition) is 2. The van der Waals surface area contributed by atoms with Crippen LogP contribution in [0, 0.1) is 5.92 Å². The highest BCUT2D eigenvalue weighted by atomic mass is 16.5. The van der Waals surface area contributed by atoms with Gasteiger partial charge in [0.2, 0.25) is 5.91 Å². The maximum atomic E-state index is 12.5. The van der Waals surface area contributed by atoms with E-state index in [1.54, 1.807) is 11.5 Å². The van der Waals surface area contributed by atoms with Gasteiger partial charge in [0.25, 0.3) is 0 Å². The second-order valence-corrected chi connectivity index (χ2v) is 7.16. The van der Waals surface area contributed by atoms with E-state index in [2.05, 4.69) is 15.3 Å². The number of para-hydroxylation sites is 2. The highest BCUT2D eigenvalue weighted by Gasteiger charge is 2.31. The van der Waals surface area contributed by atoms with E-state index in [1.807, 2.05) is 31.2 Å². The van der Waals surface area contributed by atoms with Crippen molar-refractivity contribution in [2.24, 2.45) is 5.92 Å². The van der Waals surface area contributed by atoms with Gasteiger partial charge in [0, 0.05) is 18.5 Å². The molecule has 1 aromatic carbocycles. The first-order valence-corrected chi connectivity index (χ1v) is 9.51. The molecule has 1 saturated carbocycles. The Balaban J connectivity index is 1.79. The molecule has 0 aliphatic heterocycles. The van der Waals surface area contributed by atoms with Crippen molar-refractivity contribution in [2.75, 3.05) is 12.3 Å². The van der Waals surface area contributed by atoms with Crippen LogP contribution in [0.15, 0.2) is 24.3 Å². The van der Waals surface area contributed by atoms with Crippen molar-refractivity contribution in [1.82, 2.24) is 19.9 Å². The Labute approximate surface area is 162 Å².